The third kappa shape index (κ3) is 3.79. The summed E-state index contributed by atoms with van der Waals surface area (Å²) in [5.74, 6) is 0. The van der Waals surface area contributed by atoms with E-state index >= 15 is 0 Å². The van der Waals surface area contributed by atoms with Crippen molar-refractivity contribution in [3.05, 3.63) is 17.0 Å². The van der Waals surface area contributed by atoms with Crippen LogP contribution in [0.5, 0.6) is 0 Å². The number of hydrogen-bond acceptors (Lipinski definition) is 2. The Bertz CT molecular complexity index is 599. The van der Waals surface area contributed by atoms with Gasteiger partial charge in [0.15, 0.2) is 6.04 Å². The van der Waals surface area contributed by atoms with Crippen molar-refractivity contribution >= 4 is 6.03 Å². The Balaban J connectivity index is 2.13. The summed E-state index contributed by atoms with van der Waals surface area (Å²) >= 11 is 0. The first-order valence-electron chi connectivity index (χ1n) is 7.54. The first-order valence-corrected chi connectivity index (χ1v) is 7.54. The van der Waals surface area contributed by atoms with Crippen LogP contribution in [0.4, 0.5) is 18.0 Å². The number of rotatable bonds is 3. The van der Waals surface area contributed by atoms with Crippen molar-refractivity contribution in [2.75, 3.05) is 0 Å². The molecule has 23 heavy (non-hydrogen) atoms. The zero-order valence-corrected chi connectivity index (χ0v) is 14.0. The van der Waals surface area contributed by atoms with Gasteiger partial charge in [-0.05, 0) is 32.1 Å². The monoisotopic (exact) mass is 332 g/mol. The smallest absolute Gasteiger partial charge is 0.335 e. The van der Waals surface area contributed by atoms with Crippen molar-refractivity contribution in [1.82, 2.24) is 20.4 Å². The molecule has 1 saturated carbocycles. The second-order valence-electron chi connectivity index (χ2n) is 7.07. The number of nitrogens with one attached hydrogen (secondary N) is 2. The van der Waals surface area contributed by atoms with Gasteiger partial charge in [-0.25, -0.2) is 4.79 Å². The summed E-state index contributed by atoms with van der Waals surface area (Å²) in [5, 5.41) is 8.68. The van der Waals surface area contributed by atoms with Crippen LogP contribution in [0.3, 0.4) is 0 Å². The number of aromatic nitrogens is 2. The van der Waals surface area contributed by atoms with E-state index in [2.05, 4.69) is 29.6 Å². The highest BCUT2D eigenvalue weighted by Gasteiger charge is 2.45. The van der Waals surface area contributed by atoms with Gasteiger partial charge >= 0.3 is 12.2 Å². The van der Waals surface area contributed by atoms with Crippen LogP contribution in [-0.4, -0.2) is 28.0 Å². The van der Waals surface area contributed by atoms with Crippen molar-refractivity contribution in [2.45, 2.75) is 58.8 Å². The summed E-state index contributed by atoms with van der Waals surface area (Å²) in [7, 11) is 1.58. The lowest BCUT2D eigenvalue weighted by Crippen LogP contribution is -2.53. The number of hydrogen-bond donors (Lipinski definition) is 2. The molecular formula is C15H23F3N4O. The highest BCUT2D eigenvalue weighted by molar-refractivity contribution is 5.75. The molecule has 1 atom stereocenters. The topological polar surface area (TPSA) is 59.0 Å². The second kappa shape index (κ2) is 5.72. The van der Waals surface area contributed by atoms with Gasteiger partial charge in [0.1, 0.15) is 0 Å². The van der Waals surface area contributed by atoms with Crippen LogP contribution < -0.4 is 10.6 Å². The zero-order valence-electron chi connectivity index (χ0n) is 14.0. The Morgan fingerprint density at radius 2 is 1.91 bits per heavy atom. The minimum Gasteiger partial charge on any atom is -0.335 e. The maximum Gasteiger partial charge on any atom is 0.413 e. The molecule has 1 heterocycles. The Labute approximate surface area is 133 Å². The van der Waals surface area contributed by atoms with Gasteiger partial charge in [-0.15, -0.1) is 0 Å². The van der Waals surface area contributed by atoms with E-state index in [1.807, 2.05) is 0 Å². The third-order valence-electron chi connectivity index (χ3n) is 4.39. The molecule has 8 heteroatoms. The molecular weight excluding hydrogens is 309 g/mol. The fourth-order valence-electron chi connectivity index (χ4n) is 3.26. The fraction of sp³-hybridized carbons (Fsp3) is 0.733. The van der Waals surface area contributed by atoms with Gasteiger partial charge in [-0.3, -0.25) is 4.68 Å². The Hall–Kier alpha value is -1.73. The van der Waals surface area contributed by atoms with E-state index in [-0.39, 0.29) is 22.7 Å². The average molecular weight is 332 g/mol. The van der Waals surface area contributed by atoms with Gasteiger partial charge in [0, 0.05) is 24.3 Å². The lowest BCUT2D eigenvalue weighted by atomic mass is 9.68. The van der Waals surface area contributed by atoms with Crippen molar-refractivity contribution in [1.29, 1.82) is 0 Å². The largest absolute Gasteiger partial charge is 0.413 e. The van der Waals surface area contributed by atoms with Crippen LogP contribution in [0.15, 0.2) is 0 Å². The maximum atomic E-state index is 13.4. The summed E-state index contributed by atoms with van der Waals surface area (Å²) in [4.78, 5) is 12.0. The molecule has 2 rings (SSSR count). The molecule has 2 N–H and O–H groups in total. The molecule has 1 aromatic rings. The van der Waals surface area contributed by atoms with Crippen molar-refractivity contribution < 1.29 is 18.0 Å². The lowest BCUT2D eigenvalue weighted by Gasteiger charge is -2.42. The van der Waals surface area contributed by atoms with Crippen LogP contribution in [0.25, 0.3) is 0 Å². The normalized spacial score (nSPS) is 19.1. The molecule has 1 aromatic heterocycles. The van der Waals surface area contributed by atoms with Crippen LogP contribution in [0.2, 0.25) is 0 Å². The van der Waals surface area contributed by atoms with E-state index in [4.69, 9.17) is 0 Å². The van der Waals surface area contributed by atoms with Crippen molar-refractivity contribution in [2.24, 2.45) is 12.5 Å². The van der Waals surface area contributed by atoms with E-state index in [1.165, 1.54) is 11.6 Å². The summed E-state index contributed by atoms with van der Waals surface area (Å²) in [5.41, 5.74) is 0.786. The van der Waals surface area contributed by atoms with Gasteiger partial charge < -0.3 is 10.6 Å². The number of urea groups is 1. The third-order valence-corrected chi connectivity index (χ3v) is 4.39. The predicted molar refractivity (Wildman–Crippen MR) is 79.9 cm³/mol. The minimum atomic E-state index is -4.59. The molecule has 1 unspecified atom stereocenters. The summed E-state index contributed by atoms with van der Waals surface area (Å²) < 4.78 is 41.6. The number of amides is 2. The van der Waals surface area contributed by atoms with Gasteiger partial charge in [-0.2, -0.15) is 18.3 Å². The molecule has 0 aromatic carbocycles. The Morgan fingerprint density at radius 1 is 1.35 bits per heavy atom. The van der Waals surface area contributed by atoms with Crippen molar-refractivity contribution in [3.8, 4) is 0 Å². The number of carbonyl (C=O) groups excluding carboxylic acids is 1. The van der Waals surface area contributed by atoms with Crippen LogP contribution in [0.1, 0.15) is 49.7 Å². The molecule has 0 radical (unpaired) electrons. The van der Waals surface area contributed by atoms with Crippen LogP contribution in [-0.2, 0) is 7.05 Å². The Kier molecular flexibility index (Phi) is 4.38. The van der Waals surface area contributed by atoms with Crippen LogP contribution >= 0.6 is 0 Å². The predicted octanol–water partition coefficient (Wildman–Crippen LogP) is 3.13. The number of alkyl halides is 3. The fourth-order valence-corrected chi connectivity index (χ4v) is 3.26. The van der Waals surface area contributed by atoms with Gasteiger partial charge in [0.25, 0.3) is 0 Å². The minimum absolute atomic E-state index is 0.00379. The van der Waals surface area contributed by atoms with E-state index in [1.54, 1.807) is 14.0 Å². The molecule has 0 bridgehead atoms. The van der Waals surface area contributed by atoms with E-state index in [9.17, 15) is 18.0 Å². The van der Waals surface area contributed by atoms with Crippen LogP contribution in [0, 0.1) is 19.3 Å². The standard InChI is InChI=1S/C15H23F3N4O/c1-8-11(9(2)22(5)21-8)12(15(16,17)18)20-13(23)19-10-6-14(3,4)7-10/h10,12H,6-7H2,1-5H3,(H2,19,20,23). The zero-order chi connectivity index (χ0) is 17.6. The highest BCUT2D eigenvalue weighted by atomic mass is 19.4. The molecule has 0 aliphatic heterocycles. The number of nitrogens with zero attached hydrogens (tertiary/aromatic N) is 2. The number of carbonyl (C=O) groups is 1. The van der Waals surface area contributed by atoms with Gasteiger partial charge in [-0.1, -0.05) is 13.8 Å². The van der Waals surface area contributed by atoms with E-state index < -0.39 is 18.2 Å². The average Bonchev–Trinajstić information content (AvgIpc) is 2.57. The molecule has 0 spiro atoms. The molecule has 0 saturated heterocycles. The lowest BCUT2D eigenvalue weighted by molar-refractivity contribution is -0.155. The first-order chi connectivity index (χ1) is 10.4. The van der Waals surface area contributed by atoms with Gasteiger partial charge in [0.05, 0.1) is 5.69 Å². The molecule has 1 fully saturated rings. The molecule has 1 aliphatic rings. The summed E-state index contributed by atoms with van der Waals surface area (Å²) in [6.45, 7) is 7.19. The summed E-state index contributed by atoms with van der Waals surface area (Å²) in [6, 6.07) is -2.94. The second-order valence-corrected chi connectivity index (χ2v) is 7.07. The first kappa shape index (κ1) is 17.6. The van der Waals surface area contributed by atoms with Gasteiger partial charge in [0.2, 0.25) is 0 Å². The highest BCUT2D eigenvalue weighted by Crippen LogP contribution is 2.40. The van der Waals surface area contributed by atoms with E-state index in [0.29, 0.717) is 5.69 Å². The molecule has 1 aliphatic carbocycles. The number of aryl methyl sites for hydroxylation is 2. The molecule has 130 valence electrons. The quantitative estimate of drug-likeness (QED) is 0.893. The SMILES string of the molecule is Cc1nn(C)c(C)c1C(NC(=O)NC1CC(C)(C)C1)C(F)(F)F. The molecule has 5 nitrogen and oxygen atoms in total. The summed E-state index contributed by atoms with van der Waals surface area (Å²) in [6.07, 6.45) is -3.06. The van der Waals surface area contributed by atoms with Crippen molar-refractivity contribution in [3.63, 3.8) is 0 Å². The van der Waals surface area contributed by atoms with E-state index in [0.717, 1.165) is 12.8 Å². The maximum absolute atomic E-state index is 13.4. The molecule has 2 amide bonds. The Morgan fingerprint density at radius 3 is 2.30 bits per heavy atom. The number of halogens is 3.